The SMILES string of the molecule is Cc1cc(C(F)(F)F)cc2sc(C(=O)O)c(C(C)C)c12. The highest BCUT2D eigenvalue weighted by molar-refractivity contribution is 7.21. The van der Waals surface area contributed by atoms with E-state index >= 15 is 0 Å². The molecule has 2 nitrogen and oxygen atoms in total. The molecule has 1 heterocycles. The van der Waals surface area contributed by atoms with Gasteiger partial charge in [-0.3, -0.25) is 0 Å². The summed E-state index contributed by atoms with van der Waals surface area (Å²) in [6.45, 7) is 5.26. The number of alkyl halides is 3. The Morgan fingerprint density at radius 3 is 2.35 bits per heavy atom. The third kappa shape index (κ3) is 2.40. The number of thiophene rings is 1. The predicted octanol–water partition coefficient (Wildman–Crippen LogP) is 5.05. The van der Waals surface area contributed by atoms with Gasteiger partial charge < -0.3 is 5.11 Å². The zero-order chi connectivity index (χ0) is 15.2. The lowest BCUT2D eigenvalue weighted by molar-refractivity contribution is -0.137. The molecular weight excluding hydrogens is 289 g/mol. The van der Waals surface area contributed by atoms with Gasteiger partial charge in [-0.05, 0) is 41.5 Å². The van der Waals surface area contributed by atoms with E-state index in [0.29, 0.717) is 21.2 Å². The molecule has 0 spiro atoms. The fraction of sp³-hybridized carbons (Fsp3) is 0.357. The van der Waals surface area contributed by atoms with Crippen LogP contribution in [0.1, 0.15) is 46.1 Å². The van der Waals surface area contributed by atoms with Crippen LogP contribution in [0.5, 0.6) is 0 Å². The highest BCUT2D eigenvalue weighted by Gasteiger charge is 2.32. The quantitative estimate of drug-likeness (QED) is 0.842. The molecule has 0 aliphatic carbocycles. The van der Waals surface area contributed by atoms with E-state index in [0.717, 1.165) is 23.5 Å². The minimum absolute atomic E-state index is 0.0645. The second-order valence-electron chi connectivity index (χ2n) is 4.97. The Kier molecular flexibility index (Phi) is 3.54. The standard InChI is InChI=1S/C14H13F3O2S/c1-6(2)10-11-7(3)4-8(14(15,16)17)5-9(11)20-12(10)13(18)19/h4-6H,1-3H3,(H,18,19). The van der Waals surface area contributed by atoms with E-state index < -0.39 is 17.7 Å². The normalized spacial score (nSPS) is 12.3. The number of carboxylic acids is 1. The molecule has 2 aromatic rings. The number of carboxylic acid groups (broad SMARTS) is 1. The van der Waals surface area contributed by atoms with Crippen LogP contribution >= 0.6 is 11.3 Å². The van der Waals surface area contributed by atoms with Crippen LogP contribution in [-0.2, 0) is 6.18 Å². The second kappa shape index (κ2) is 4.77. The zero-order valence-electron chi connectivity index (χ0n) is 11.1. The fourth-order valence-electron chi connectivity index (χ4n) is 2.33. The van der Waals surface area contributed by atoms with Gasteiger partial charge in [-0.2, -0.15) is 13.2 Å². The maximum absolute atomic E-state index is 12.8. The van der Waals surface area contributed by atoms with Crippen molar-refractivity contribution in [3.05, 3.63) is 33.7 Å². The van der Waals surface area contributed by atoms with Gasteiger partial charge in [0.15, 0.2) is 0 Å². The van der Waals surface area contributed by atoms with E-state index in [9.17, 15) is 23.1 Å². The number of fused-ring (bicyclic) bond motifs is 1. The Balaban J connectivity index is 2.85. The molecule has 0 fully saturated rings. The second-order valence-corrected chi connectivity index (χ2v) is 6.02. The number of aryl methyl sites for hydroxylation is 1. The van der Waals surface area contributed by atoms with Crippen LogP contribution in [-0.4, -0.2) is 11.1 Å². The van der Waals surface area contributed by atoms with Gasteiger partial charge in [0.2, 0.25) is 0 Å². The van der Waals surface area contributed by atoms with Crippen LogP contribution in [0.15, 0.2) is 12.1 Å². The zero-order valence-corrected chi connectivity index (χ0v) is 11.9. The molecule has 20 heavy (non-hydrogen) atoms. The molecule has 0 bridgehead atoms. The third-order valence-electron chi connectivity index (χ3n) is 3.12. The number of aromatic carboxylic acids is 1. The first kappa shape index (κ1) is 14.8. The first-order valence-corrected chi connectivity index (χ1v) is 6.82. The Labute approximate surface area is 117 Å². The van der Waals surface area contributed by atoms with Crippen LogP contribution in [0.4, 0.5) is 13.2 Å². The molecule has 108 valence electrons. The van der Waals surface area contributed by atoms with Gasteiger partial charge in [-0.1, -0.05) is 13.8 Å². The van der Waals surface area contributed by atoms with E-state index in [1.54, 1.807) is 6.92 Å². The van der Waals surface area contributed by atoms with Crippen LogP contribution in [0.2, 0.25) is 0 Å². The summed E-state index contributed by atoms with van der Waals surface area (Å²) in [6.07, 6.45) is -4.43. The van der Waals surface area contributed by atoms with Crippen molar-refractivity contribution in [2.45, 2.75) is 32.9 Å². The lowest BCUT2D eigenvalue weighted by atomic mass is 9.95. The largest absolute Gasteiger partial charge is 0.477 e. The number of benzene rings is 1. The average molecular weight is 302 g/mol. The van der Waals surface area contributed by atoms with Gasteiger partial charge in [0.05, 0.1) is 5.56 Å². The van der Waals surface area contributed by atoms with Gasteiger partial charge in [0.1, 0.15) is 4.88 Å². The minimum Gasteiger partial charge on any atom is -0.477 e. The molecular formula is C14H13F3O2S. The summed E-state index contributed by atoms with van der Waals surface area (Å²) in [5.41, 5.74) is 0.335. The fourth-order valence-corrected chi connectivity index (χ4v) is 3.65. The summed E-state index contributed by atoms with van der Waals surface area (Å²) in [7, 11) is 0. The third-order valence-corrected chi connectivity index (χ3v) is 4.26. The van der Waals surface area contributed by atoms with Crippen LogP contribution in [0, 0.1) is 6.92 Å². The highest BCUT2D eigenvalue weighted by atomic mass is 32.1. The molecule has 1 aromatic carbocycles. The summed E-state index contributed by atoms with van der Waals surface area (Å²) < 4.78 is 38.8. The molecule has 0 saturated carbocycles. The maximum Gasteiger partial charge on any atom is 0.416 e. The topological polar surface area (TPSA) is 37.3 Å². The molecule has 0 aliphatic rings. The summed E-state index contributed by atoms with van der Waals surface area (Å²) in [5.74, 6) is -1.16. The first-order chi connectivity index (χ1) is 9.12. The summed E-state index contributed by atoms with van der Waals surface area (Å²) in [5, 5.41) is 9.86. The van der Waals surface area contributed by atoms with E-state index in [-0.39, 0.29) is 10.8 Å². The smallest absolute Gasteiger partial charge is 0.416 e. The minimum atomic E-state index is -4.43. The molecule has 0 saturated heterocycles. The van der Waals surface area contributed by atoms with Crippen molar-refractivity contribution in [1.29, 1.82) is 0 Å². The lowest BCUT2D eigenvalue weighted by Crippen LogP contribution is -2.05. The summed E-state index contributed by atoms with van der Waals surface area (Å²) in [6, 6.07) is 2.11. The summed E-state index contributed by atoms with van der Waals surface area (Å²) >= 11 is 0.905. The Morgan fingerprint density at radius 1 is 1.30 bits per heavy atom. The van der Waals surface area contributed by atoms with Crippen LogP contribution in [0.25, 0.3) is 10.1 Å². The van der Waals surface area contributed by atoms with E-state index in [1.165, 1.54) is 0 Å². The van der Waals surface area contributed by atoms with Crippen molar-refractivity contribution in [1.82, 2.24) is 0 Å². The average Bonchev–Trinajstić information content (AvgIpc) is 2.67. The predicted molar refractivity (Wildman–Crippen MR) is 72.6 cm³/mol. The van der Waals surface area contributed by atoms with Gasteiger partial charge in [-0.25, -0.2) is 4.79 Å². The number of rotatable bonds is 2. The summed E-state index contributed by atoms with van der Waals surface area (Å²) in [4.78, 5) is 11.4. The van der Waals surface area contributed by atoms with Gasteiger partial charge in [0, 0.05) is 4.70 Å². The highest BCUT2D eigenvalue weighted by Crippen LogP contribution is 2.41. The molecule has 2 rings (SSSR count). The van der Waals surface area contributed by atoms with E-state index in [2.05, 4.69) is 0 Å². The molecule has 0 aliphatic heterocycles. The molecule has 6 heteroatoms. The Bertz CT molecular complexity index is 684. The number of carbonyl (C=O) groups is 1. The van der Waals surface area contributed by atoms with Crippen molar-refractivity contribution in [2.24, 2.45) is 0 Å². The molecule has 1 aromatic heterocycles. The van der Waals surface area contributed by atoms with Crippen molar-refractivity contribution < 1.29 is 23.1 Å². The molecule has 0 unspecified atom stereocenters. The monoisotopic (exact) mass is 302 g/mol. The van der Waals surface area contributed by atoms with Gasteiger partial charge >= 0.3 is 12.1 Å². The van der Waals surface area contributed by atoms with Gasteiger partial charge in [0.25, 0.3) is 0 Å². The Morgan fingerprint density at radius 2 is 1.90 bits per heavy atom. The van der Waals surface area contributed by atoms with E-state index in [1.807, 2.05) is 13.8 Å². The van der Waals surface area contributed by atoms with Crippen molar-refractivity contribution in [2.75, 3.05) is 0 Å². The van der Waals surface area contributed by atoms with Crippen molar-refractivity contribution >= 4 is 27.4 Å². The molecule has 0 amide bonds. The van der Waals surface area contributed by atoms with Gasteiger partial charge in [-0.15, -0.1) is 11.3 Å². The molecule has 0 radical (unpaired) electrons. The van der Waals surface area contributed by atoms with Crippen molar-refractivity contribution in [3.8, 4) is 0 Å². The first-order valence-electron chi connectivity index (χ1n) is 6.00. The number of halogens is 3. The lowest BCUT2D eigenvalue weighted by Gasteiger charge is -2.11. The number of hydrogen-bond acceptors (Lipinski definition) is 2. The van der Waals surface area contributed by atoms with Crippen molar-refractivity contribution in [3.63, 3.8) is 0 Å². The maximum atomic E-state index is 12.8. The molecule has 1 N–H and O–H groups in total. The van der Waals surface area contributed by atoms with Crippen LogP contribution < -0.4 is 0 Å². The van der Waals surface area contributed by atoms with Crippen LogP contribution in [0.3, 0.4) is 0 Å². The Hall–Kier alpha value is -1.56. The molecule has 0 atom stereocenters. The number of hydrogen-bond donors (Lipinski definition) is 1. The van der Waals surface area contributed by atoms with E-state index in [4.69, 9.17) is 0 Å².